The second-order valence-electron chi connectivity index (χ2n) is 5.13. The minimum Gasteiger partial charge on any atom is -0.294 e. The number of rotatable bonds is 5. The molecule has 1 aromatic heterocycles. The minimum absolute atomic E-state index is 0.0926. The van der Waals surface area contributed by atoms with Gasteiger partial charge >= 0.3 is 0 Å². The molecule has 0 radical (unpaired) electrons. The number of aryl methyl sites for hydroxylation is 1. The fourth-order valence-corrected chi connectivity index (χ4v) is 2.48. The number of benzene rings is 1. The van der Waals surface area contributed by atoms with Crippen LogP contribution in [0.3, 0.4) is 0 Å². The normalized spacial score (nSPS) is 12.4. The lowest BCUT2D eigenvalue weighted by Gasteiger charge is -2.08. The molecule has 2 rings (SSSR count). The summed E-state index contributed by atoms with van der Waals surface area (Å²) in [6, 6.07) is 8.11. The topological polar surface area (TPSA) is 34.9 Å². The first kappa shape index (κ1) is 15.0. The highest BCUT2D eigenvalue weighted by Gasteiger charge is 2.13. The Labute approximate surface area is 128 Å². The summed E-state index contributed by atoms with van der Waals surface area (Å²) in [5.41, 5.74) is 2.63. The van der Waals surface area contributed by atoms with Crippen molar-refractivity contribution in [1.29, 1.82) is 0 Å². The van der Waals surface area contributed by atoms with E-state index in [9.17, 15) is 4.79 Å². The Morgan fingerprint density at radius 1 is 1.40 bits per heavy atom. The van der Waals surface area contributed by atoms with Crippen LogP contribution in [-0.2, 0) is 6.42 Å². The average molecular weight is 335 g/mol. The Morgan fingerprint density at radius 3 is 2.85 bits per heavy atom. The molecule has 0 aliphatic rings. The van der Waals surface area contributed by atoms with Gasteiger partial charge in [-0.15, -0.1) is 0 Å². The predicted molar refractivity (Wildman–Crippen MR) is 84.1 cm³/mol. The Kier molecular flexibility index (Phi) is 4.76. The van der Waals surface area contributed by atoms with Crippen LogP contribution in [0.25, 0.3) is 0 Å². The van der Waals surface area contributed by atoms with Gasteiger partial charge in [-0.05, 0) is 38.5 Å². The number of nitrogens with zero attached hydrogens (tertiary/aromatic N) is 2. The third kappa shape index (κ3) is 3.37. The lowest BCUT2D eigenvalue weighted by atomic mass is 10.0. The maximum absolute atomic E-state index is 12.4. The lowest BCUT2D eigenvalue weighted by Crippen LogP contribution is -2.08. The standard InChI is InChI=1S/C16H19BrN2O/c1-4-12(3)19-8-7-13(18-19)10-16(20)14-9-11(2)5-6-15(14)17/h5-9,12H,4,10H2,1-3H3. The summed E-state index contributed by atoms with van der Waals surface area (Å²) in [7, 11) is 0. The van der Waals surface area contributed by atoms with Gasteiger partial charge in [-0.25, -0.2) is 0 Å². The summed E-state index contributed by atoms with van der Waals surface area (Å²) < 4.78 is 2.77. The number of carbonyl (C=O) groups excluding carboxylic acids is 1. The van der Waals surface area contributed by atoms with Gasteiger partial charge in [0.1, 0.15) is 0 Å². The van der Waals surface area contributed by atoms with Crippen molar-refractivity contribution in [3.05, 3.63) is 51.8 Å². The Morgan fingerprint density at radius 2 is 2.15 bits per heavy atom. The van der Waals surface area contributed by atoms with Crippen molar-refractivity contribution in [3.63, 3.8) is 0 Å². The highest BCUT2D eigenvalue weighted by atomic mass is 79.9. The monoisotopic (exact) mass is 334 g/mol. The van der Waals surface area contributed by atoms with Gasteiger partial charge in [-0.3, -0.25) is 9.48 Å². The summed E-state index contributed by atoms with van der Waals surface area (Å²) in [6.45, 7) is 6.23. The molecule has 3 nitrogen and oxygen atoms in total. The third-order valence-corrected chi connectivity index (χ3v) is 4.16. The fourth-order valence-electron chi connectivity index (χ4n) is 2.02. The number of aromatic nitrogens is 2. The molecule has 4 heteroatoms. The number of carbonyl (C=O) groups is 1. The van der Waals surface area contributed by atoms with Gasteiger partial charge in [0, 0.05) is 22.3 Å². The van der Waals surface area contributed by atoms with E-state index in [0.717, 1.165) is 27.7 Å². The van der Waals surface area contributed by atoms with Gasteiger partial charge in [0.2, 0.25) is 0 Å². The minimum atomic E-state index is 0.0926. The number of hydrogen-bond donors (Lipinski definition) is 0. The van der Waals surface area contributed by atoms with Crippen molar-refractivity contribution >= 4 is 21.7 Å². The van der Waals surface area contributed by atoms with Crippen LogP contribution < -0.4 is 0 Å². The SMILES string of the molecule is CCC(C)n1ccc(CC(=O)c2cc(C)ccc2Br)n1. The van der Waals surface area contributed by atoms with Crippen molar-refractivity contribution in [2.45, 2.75) is 39.7 Å². The molecule has 0 N–H and O–H groups in total. The van der Waals surface area contributed by atoms with E-state index in [1.807, 2.05) is 42.1 Å². The van der Waals surface area contributed by atoms with Gasteiger partial charge < -0.3 is 0 Å². The number of halogens is 1. The van der Waals surface area contributed by atoms with Crippen molar-refractivity contribution in [2.75, 3.05) is 0 Å². The first-order chi connectivity index (χ1) is 9.51. The molecule has 0 bridgehead atoms. The summed E-state index contributed by atoms with van der Waals surface area (Å²) in [6.07, 6.45) is 3.31. The largest absolute Gasteiger partial charge is 0.294 e. The molecule has 0 saturated carbocycles. The number of Topliss-reactive ketones (excluding diaryl/α,β-unsaturated/α-hetero) is 1. The fraction of sp³-hybridized carbons (Fsp3) is 0.375. The molecule has 1 unspecified atom stereocenters. The van der Waals surface area contributed by atoms with Crippen molar-refractivity contribution in [1.82, 2.24) is 9.78 Å². The molecule has 0 aliphatic heterocycles. The molecule has 1 aromatic carbocycles. The van der Waals surface area contributed by atoms with E-state index in [1.54, 1.807) is 0 Å². The second kappa shape index (κ2) is 6.35. The highest BCUT2D eigenvalue weighted by molar-refractivity contribution is 9.10. The molecular formula is C16H19BrN2O. The number of hydrogen-bond acceptors (Lipinski definition) is 2. The lowest BCUT2D eigenvalue weighted by molar-refractivity contribution is 0.0991. The van der Waals surface area contributed by atoms with Crippen LogP contribution in [0.5, 0.6) is 0 Å². The van der Waals surface area contributed by atoms with Crippen LogP contribution >= 0.6 is 15.9 Å². The van der Waals surface area contributed by atoms with E-state index in [1.165, 1.54) is 0 Å². The maximum Gasteiger partial charge on any atom is 0.170 e. The predicted octanol–water partition coefficient (Wildman–Crippen LogP) is 4.35. The van der Waals surface area contributed by atoms with Crippen LogP contribution in [0.2, 0.25) is 0 Å². The van der Waals surface area contributed by atoms with Crippen molar-refractivity contribution in [2.24, 2.45) is 0 Å². The zero-order valence-corrected chi connectivity index (χ0v) is 13.6. The maximum atomic E-state index is 12.4. The van der Waals surface area contributed by atoms with E-state index in [2.05, 4.69) is 34.9 Å². The van der Waals surface area contributed by atoms with Crippen molar-refractivity contribution < 1.29 is 4.79 Å². The van der Waals surface area contributed by atoms with Crippen LogP contribution in [0.15, 0.2) is 34.9 Å². The van der Waals surface area contributed by atoms with Gasteiger partial charge in [-0.2, -0.15) is 5.10 Å². The van der Waals surface area contributed by atoms with Gasteiger partial charge in [0.05, 0.1) is 12.1 Å². The zero-order chi connectivity index (χ0) is 14.7. The molecule has 0 amide bonds. The Hall–Kier alpha value is -1.42. The smallest absolute Gasteiger partial charge is 0.170 e. The quantitative estimate of drug-likeness (QED) is 0.762. The summed E-state index contributed by atoms with van der Waals surface area (Å²) in [5.74, 6) is 0.0926. The molecule has 20 heavy (non-hydrogen) atoms. The molecule has 1 heterocycles. The van der Waals surface area contributed by atoms with E-state index < -0.39 is 0 Å². The van der Waals surface area contributed by atoms with E-state index in [4.69, 9.17) is 0 Å². The average Bonchev–Trinajstić information content (AvgIpc) is 2.89. The molecule has 1 atom stereocenters. The van der Waals surface area contributed by atoms with E-state index in [0.29, 0.717) is 12.5 Å². The zero-order valence-electron chi connectivity index (χ0n) is 12.1. The van der Waals surface area contributed by atoms with Crippen LogP contribution in [0, 0.1) is 6.92 Å². The molecule has 0 aliphatic carbocycles. The molecular weight excluding hydrogens is 316 g/mol. The summed E-state index contributed by atoms with van der Waals surface area (Å²) in [5, 5.41) is 4.48. The third-order valence-electron chi connectivity index (χ3n) is 3.47. The molecule has 2 aromatic rings. The first-order valence-corrected chi connectivity index (χ1v) is 7.64. The van der Waals surface area contributed by atoms with E-state index in [-0.39, 0.29) is 5.78 Å². The molecule has 0 fully saturated rings. The van der Waals surface area contributed by atoms with Crippen molar-refractivity contribution in [3.8, 4) is 0 Å². The van der Waals surface area contributed by atoms with Gasteiger partial charge in [0.25, 0.3) is 0 Å². The second-order valence-corrected chi connectivity index (χ2v) is 5.98. The van der Waals surface area contributed by atoms with Gasteiger partial charge in [0.15, 0.2) is 5.78 Å². The Bertz CT molecular complexity index is 619. The highest BCUT2D eigenvalue weighted by Crippen LogP contribution is 2.20. The molecule has 0 spiro atoms. The van der Waals surface area contributed by atoms with Crippen LogP contribution in [0.1, 0.15) is 47.9 Å². The van der Waals surface area contributed by atoms with Crippen LogP contribution in [0.4, 0.5) is 0 Å². The Balaban J connectivity index is 2.15. The van der Waals surface area contributed by atoms with Gasteiger partial charge in [-0.1, -0.05) is 34.5 Å². The summed E-state index contributed by atoms with van der Waals surface area (Å²) in [4.78, 5) is 12.4. The van der Waals surface area contributed by atoms with E-state index >= 15 is 0 Å². The number of ketones is 1. The molecule has 0 saturated heterocycles. The molecule has 106 valence electrons. The van der Waals surface area contributed by atoms with Crippen LogP contribution in [-0.4, -0.2) is 15.6 Å². The first-order valence-electron chi connectivity index (χ1n) is 6.84. The summed E-state index contributed by atoms with van der Waals surface area (Å²) >= 11 is 3.44.